The molecule has 138 valence electrons. The lowest BCUT2D eigenvalue weighted by Crippen LogP contribution is -2.43. The quantitative estimate of drug-likeness (QED) is 0.297. The molecule has 0 bridgehead atoms. The molecular formula is C19H34O4Si. The van der Waals surface area contributed by atoms with Gasteiger partial charge in [0.1, 0.15) is 0 Å². The van der Waals surface area contributed by atoms with Crippen LogP contribution in [-0.4, -0.2) is 33.3 Å². The van der Waals surface area contributed by atoms with Crippen LogP contribution in [0.5, 0.6) is 0 Å². The van der Waals surface area contributed by atoms with Crippen molar-refractivity contribution in [3.05, 3.63) is 24.3 Å². The van der Waals surface area contributed by atoms with Gasteiger partial charge in [-0.25, -0.2) is 0 Å². The lowest BCUT2D eigenvalue weighted by Gasteiger charge is -2.37. The second-order valence-corrected chi connectivity index (χ2v) is 12.4. The van der Waals surface area contributed by atoms with Crippen molar-refractivity contribution in [2.45, 2.75) is 77.6 Å². The summed E-state index contributed by atoms with van der Waals surface area (Å²) < 4.78 is 10.6. The number of unbranched alkanes of at least 4 members (excludes halogenated alkanes) is 1. The standard InChI is InChI=1S/C12H22O2Si.C7H12O2/c1-9-7-10(8-11(9)13)14-15(5,6)12(2,3)4;1-3-4-5-6-7(8)9-2/h7,10H,8H2,1-6H3;3H,1,4-6H2,2H3/t10-;/m0./s1. The van der Waals surface area contributed by atoms with E-state index in [1.54, 1.807) is 6.08 Å². The van der Waals surface area contributed by atoms with Gasteiger partial charge in [0.25, 0.3) is 0 Å². The van der Waals surface area contributed by atoms with Gasteiger partial charge in [-0.15, -0.1) is 6.58 Å². The third-order valence-electron chi connectivity index (χ3n) is 4.53. The van der Waals surface area contributed by atoms with Gasteiger partial charge in [-0.05, 0) is 43.5 Å². The van der Waals surface area contributed by atoms with E-state index in [1.807, 2.05) is 13.0 Å². The highest BCUT2D eigenvalue weighted by Crippen LogP contribution is 2.38. The van der Waals surface area contributed by atoms with E-state index < -0.39 is 8.32 Å². The summed E-state index contributed by atoms with van der Waals surface area (Å²) >= 11 is 0. The number of esters is 1. The topological polar surface area (TPSA) is 52.6 Å². The summed E-state index contributed by atoms with van der Waals surface area (Å²) in [4.78, 5) is 21.8. The first-order valence-corrected chi connectivity index (χ1v) is 11.4. The second-order valence-electron chi connectivity index (χ2n) is 7.65. The molecule has 1 aliphatic rings. The van der Waals surface area contributed by atoms with Crippen LogP contribution in [0.3, 0.4) is 0 Å². The predicted molar refractivity (Wildman–Crippen MR) is 102 cm³/mol. The van der Waals surface area contributed by atoms with E-state index in [2.05, 4.69) is 45.2 Å². The maximum absolute atomic E-state index is 11.4. The summed E-state index contributed by atoms with van der Waals surface area (Å²) in [5.41, 5.74) is 0.860. The molecule has 1 atom stereocenters. The van der Waals surface area contributed by atoms with E-state index >= 15 is 0 Å². The maximum atomic E-state index is 11.4. The van der Waals surface area contributed by atoms with Gasteiger partial charge in [0.15, 0.2) is 14.1 Å². The fraction of sp³-hybridized carbons (Fsp3) is 0.684. The van der Waals surface area contributed by atoms with Crippen LogP contribution in [0.1, 0.15) is 53.4 Å². The first-order chi connectivity index (χ1) is 10.9. The van der Waals surface area contributed by atoms with Crippen LogP contribution in [0.25, 0.3) is 0 Å². The van der Waals surface area contributed by atoms with Crippen LogP contribution in [0, 0.1) is 0 Å². The van der Waals surface area contributed by atoms with E-state index in [1.165, 1.54) is 7.11 Å². The van der Waals surface area contributed by atoms with Gasteiger partial charge in [0, 0.05) is 12.8 Å². The fourth-order valence-corrected chi connectivity index (χ4v) is 3.16. The largest absolute Gasteiger partial charge is 0.469 e. The minimum atomic E-state index is -1.73. The van der Waals surface area contributed by atoms with Gasteiger partial charge in [0.05, 0.1) is 13.2 Å². The van der Waals surface area contributed by atoms with E-state index in [9.17, 15) is 9.59 Å². The molecule has 0 saturated carbocycles. The Hall–Kier alpha value is -1.20. The molecule has 1 aliphatic carbocycles. The molecule has 0 saturated heterocycles. The van der Waals surface area contributed by atoms with Gasteiger partial charge >= 0.3 is 5.97 Å². The fourth-order valence-electron chi connectivity index (χ4n) is 1.90. The summed E-state index contributed by atoms with van der Waals surface area (Å²) in [6.45, 7) is 16.5. The molecule has 0 unspecified atom stereocenters. The number of ketones is 1. The average Bonchev–Trinajstić information content (AvgIpc) is 2.76. The molecule has 0 fully saturated rings. The van der Waals surface area contributed by atoms with Gasteiger partial charge in [-0.2, -0.15) is 0 Å². The van der Waals surface area contributed by atoms with Crippen LogP contribution < -0.4 is 0 Å². The molecule has 0 aliphatic heterocycles. The Labute approximate surface area is 148 Å². The molecule has 24 heavy (non-hydrogen) atoms. The Balaban J connectivity index is 0.000000506. The zero-order valence-corrected chi connectivity index (χ0v) is 17.4. The van der Waals surface area contributed by atoms with E-state index in [0.717, 1.165) is 18.4 Å². The highest BCUT2D eigenvalue weighted by atomic mass is 28.4. The lowest BCUT2D eigenvalue weighted by molar-refractivity contribution is -0.140. The molecule has 0 N–H and O–H groups in total. The molecule has 5 heteroatoms. The molecule has 0 heterocycles. The van der Waals surface area contributed by atoms with Crippen molar-refractivity contribution in [1.29, 1.82) is 0 Å². The van der Waals surface area contributed by atoms with Crippen molar-refractivity contribution in [2.75, 3.05) is 7.11 Å². The van der Waals surface area contributed by atoms with Gasteiger partial charge in [0.2, 0.25) is 0 Å². The number of allylic oxidation sites excluding steroid dienone is 2. The zero-order chi connectivity index (χ0) is 19.0. The summed E-state index contributed by atoms with van der Waals surface area (Å²) in [5, 5.41) is 0.209. The van der Waals surface area contributed by atoms with Crippen LogP contribution in [-0.2, 0) is 18.8 Å². The van der Waals surface area contributed by atoms with Crippen LogP contribution >= 0.6 is 0 Å². The highest BCUT2D eigenvalue weighted by molar-refractivity contribution is 6.74. The van der Waals surface area contributed by atoms with Crippen molar-refractivity contribution in [1.82, 2.24) is 0 Å². The van der Waals surface area contributed by atoms with Crippen molar-refractivity contribution in [3.8, 4) is 0 Å². The third kappa shape index (κ3) is 8.06. The molecular weight excluding hydrogens is 320 g/mol. The van der Waals surface area contributed by atoms with Crippen molar-refractivity contribution in [3.63, 3.8) is 0 Å². The zero-order valence-electron chi connectivity index (χ0n) is 16.4. The molecule has 4 nitrogen and oxygen atoms in total. The van der Waals surface area contributed by atoms with Crippen LogP contribution in [0.2, 0.25) is 18.1 Å². The summed E-state index contributed by atoms with van der Waals surface area (Å²) in [6, 6.07) is 0. The van der Waals surface area contributed by atoms with E-state index in [0.29, 0.717) is 12.8 Å². The number of rotatable bonds is 6. The molecule has 0 spiro atoms. The summed E-state index contributed by atoms with van der Waals surface area (Å²) in [5.74, 6) is 0.0931. The molecule has 0 aromatic rings. The first-order valence-electron chi connectivity index (χ1n) is 8.51. The molecule has 0 amide bonds. The normalized spacial score (nSPS) is 17.7. The summed E-state index contributed by atoms with van der Waals surface area (Å²) in [6.07, 6.45) is 6.57. The number of hydrogen-bond donors (Lipinski definition) is 0. The Morgan fingerprint density at radius 2 is 2.00 bits per heavy atom. The third-order valence-corrected chi connectivity index (χ3v) is 9.04. The van der Waals surface area contributed by atoms with Crippen molar-refractivity contribution in [2.24, 2.45) is 0 Å². The molecule has 0 aromatic carbocycles. The second kappa shape index (κ2) is 9.94. The van der Waals surface area contributed by atoms with Crippen molar-refractivity contribution >= 4 is 20.1 Å². The smallest absolute Gasteiger partial charge is 0.305 e. The molecule has 0 aromatic heterocycles. The van der Waals surface area contributed by atoms with Crippen LogP contribution in [0.15, 0.2) is 24.3 Å². The van der Waals surface area contributed by atoms with E-state index in [-0.39, 0.29) is 22.9 Å². The number of ether oxygens (including phenoxy) is 1. The first kappa shape index (κ1) is 22.8. The Kier molecular flexibility index (Phi) is 9.44. The Morgan fingerprint density at radius 1 is 1.42 bits per heavy atom. The monoisotopic (exact) mass is 354 g/mol. The van der Waals surface area contributed by atoms with E-state index in [4.69, 9.17) is 4.43 Å². The number of carbonyl (C=O) groups is 2. The lowest BCUT2D eigenvalue weighted by atomic mass is 10.2. The summed E-state index contributed by atoms with van der Waals surface area (Å²) in [7, 11) is -0.327. The minimum Gasteiger partial charge on any atom is -0.469 e. The molecule has 1 rings (SSSR count). The van der Waals surface area contributed by atoms with Gasteiger partial charge in [-0.1, -0.05) is 32.9 Å². The van der Waals surface area contributed by atoms with Gasteiger partial charge in [-0.3, -0.25) is 9.59 Å². The number of carbonyl (C=O) groups excluding carboxylic acids is 2. The maximum Gasteiger partial charge on any atom is 0.305 e. The SMILES string of the molecule is C=CCCCC(=O)OC.CC1=C[C@H](O[Si](C)(C)C(C)(C)C)CC1=O. The van der Waals surface area contributed by atoms with Gasteiger partial charge < -0.3 is 9.16 Å². The number of methoxy groups -OCH3 is 1. The number of hydrogen-bond acceptors (Lipinski definition) is 4. The van der Waals surface area contributed by atoms with Crippen molar-refractivity contribution < 1.29 is 18.8 Å². The molecule has 0 radical (unpaired) electrons. The highest BCUT2D eigenvalue weighted by Gasteiger charge is 2.40. The Bertz CT molecular complexity index is 472. The predicted octanol–water partition coefficient (Wildman–Crippen LogP) is 4.81. The minimum absolute atomic E-state index is 0.0263. The average molecular weight is 355 g/mol. The van der Waals surface area contributed by atoms with Crippen LogP contribution in [0.4, 0.5) is 0 Å². The number of Topliss-reactive ketones (excluding diaryl/α,β-unsaturated/α-hetero) is 1. The Morgan fingerprint density at radius 3 is 2.38 bits per heavy atom.